The summed E-state index contributed by atoms with van der Waals surface area (Å²) in [6.07, 6.45) is 6.04. The molecule has 28 heavy (non-hydrogen) atoms. The summed E-state index contributed by atoms with van der Waals surface area (Å²) < 4.78 is 5.26. The second kappa shape index (κ2) is 11.0. The van der Waals surface area contributed by atoms with Crippen LogP contribution < -0.4 is 0 Å². The third-order valence-corrected chi connectivity index (χ3v) is 5.48. The Kier molecular flexibility index (Phi) is 8.73. The van der Waals surface area contributed by atoms with Gasteiger partial charge in [0.15, 0.2) is 0 Å². The number of carboxylic acid groups (broad SMARTS) is 1. The van der Waals surface area contributed by atoms with Gasteiger partial charge in [0.05, 0.1) is 6.61 Å². The van der Waals surface area contributed by atoms with E-state index in [2.05, 4.69) is 0 Å². The Morgan fingerprint density at radius 1 is 0.893 bits per heavy atom. The monoisotopic (exact) mass is 396 g/mol. The first-order chi connectivity index (χ1) is 13.5. The molecule has 2 rings (SSSR count). The number of carbonyl (C=O) groups excluding carboxylic acids is 3. The van der Waals surface area contributed by atoms with E-state index in [1.807, 2.05) is 6.92 Å². The summed E-state index contributed by atoms with van der Waals surface area (Å²) in [5.74, 6) is -1.50. The fraction of sp³-hybridized carbons (Fsp3) is 0.800. The molecule has 2 atom stereocenters. The van der Waals surface area contributed by atoms with Crippen molar-refractivity contribution in [3.63, 3.8) is 0 Å². The summed E-state index contributed by atoms with van der Waals surface area (Å²) in [6.45, 7) is 3.48. The first-order valence-corrected chi connectivity index (χ1v) is 10.4. The minimum absolute atomic E-state index is 0.0769. The number of hydrogen-bond acceptors (Lipinski definition) is 5. The third-order valence-electron chi connectivity index (χ3n) is 5.48. The van der Waals surface area contributed by atoms with Crippen LogP contribution in [0.3, 0.4) is 0 Å². The van der Waals surface area contributed by atoms with Crippen LogP contribution in [0, 0.1) is 0 Å². The van der Waals surface area contributed by atoms with Crippen LogP contribution in [0.5, 0.6) is 0 Å². The molecule has 2 aliphatic heterocycles. The van der Waals surface area contributed by atoms with Crippen LogP contribution in [0.4, 0.5) is 0 Å². The standard InChI is InChI=1S/C20H32N2O6/c1-2-3-14-28-20(27)16-9-7-13-22(16)18(24)11-5-4-10-17(23)21-12-6-8-15(21)19(25)26/h15-16H,2-14H2,1H3,(H,25,26)/t15-,16-/m1/s1. The number of carbonyl (C=O) groups is 4. The normalized spacial score (nSPS) is 21.8. The second-order valence-electron chi connectivity index (χ2n) is 7.56. The van der Waals surface area contributed by atoms with Gasteiger partial charge < -0.3 is 19.6 Å². The summed E-state index contributed by atoms with van der Waals surface area (Å²) in [4.78, 5) is 51.1. The van der Waals surface area contributed by atoms with E-state index >= 15 is 0 Å². The van der Waals surface area contributed by atoms with E-state index < -0.39 is 18.1 Å². The van der Waals surface area contributed by atoms with Gasteiger partial charge in [-0.3, -0.25) is 9.59 Å². The molecule has 158 valence electrons. The predicted molar refractivity (Wildman–Crippen MR) is 101 cm³/mol. The van der Waals surface area contributed by atoms with Gasteiger partial charge in [0.2, 0.25) is 11.8 Å². The molecule has 0 aromatic rings. The molecule has 0 saturated carbocycles. The summed E-state index contributed by atoms with van der Waals surface area (Å²) in [5.41, 5.74) is 0. The number of aliphatic carboxylic acids is 1. The molecule has 0 radical (unpaired) electrons. The van der Waals surface area contributed by atoms with Crippen molar-refractivity contribution in [1.29, 1.82) is 0 Å². The molecule has 0 unspecified atom stereocenters. The maximum Gasteiger partial charge on any atom is 0.328 e. The van der Waals surface area contributed by atoms with E-state index in [1.165, 1.54) is 4.90 Å². The predicted octanol–water partition coefficient (Wildman–Crippen LogP) is 1.96. The van der Waals surface area contributed by atoms with Crippen LogP contribution in [0.25, 0.3) is 0 Å². The fourth-order valence-corrected chi connectivity index (χ4v) is 3.89. The summed E-state index contributed by atoms with van der Waals surface area (Å²) in [7, 11) is 0. The molecule has 2 heterocycles. The second-order valence-corrected chi connectivity index (χ2v) is 7.56. The van der Waals surface area contributed by atoms with Gasteiger partial charge in [0, 0.05) is 25.9 Å². The lowest BCUT2D eigenvalue weighted by atomic mass is 10.1. The summed E-state index contributed by atoms with van der Waals surface area (Å²) in [6, 6.07) is -1.19. The Hall–Kier alpha value is -2.12. The zero-order valence-corrected chi connectivity index (χ0v) is 16.7. The zero-order chi connectivity index (χ0) is 20.5. The average molecular weight is 396 g/mol. The minimum atomic E-state index is -0.952. The van der Waals surface area contributed by atoms with Crippen LogP contribution in [-0.4, -0.2) is 70.4 Å². The first kappa shape index (κ1) is 22.2. The molecule has 0 aromatic carbocycles. The molecule has 8 heteroatoms. The van der Waals surface area contributed by atoms with Crippen molar-refractivity contribution in [2.24, 2.45) is 0 Å². The van der Waals surface area contributed by atoms with E-state index in [1.54, 1.807) is 4.90 Å². The third kappa shape index (κ3) is 5.94. The maximum atomic E-state index is 12.5. The van der Waals surface area contributed by atoms with Crippen molar-refractivity contribution < 1.29 is 29.0 Å². The van der Waals surface area contributed by atoms with Crippen molar-refractivity contribution in [3.8, 4) is 0 Å². The molecule has 2 amide bonds. The molecule has 0 bridgehead atoms. The van der Waals surface area contributed by atoms with Gasteiger partial charge in [0.25, 0.3) is 0 Å². The van der Waals surface area contributed by atoms with Gasteiger partial charge >= 0.3 is 11.9 Å². The van der Waals surface area contributed by atoms with Crippen molar-refractivity contribution in [3.05, 3.63) is 0 Å². The highest BCUT2D eigenvalue weighted by Crippen LogP contribution is 2.22. The van der Waals surface area contributed by atoms with Gasteiger partial charge in [-0.1, -0.05) is 13.3 Å². The molecule has 8 nitrogen and oxygen atoms in total. The van der Waals surface area contributed by atoms with Crippen molar-refractivity contribution in [1.82, 2.24) is 9.80 Å². The maximum absolute atomic E-state index is 12.5. The Bertz CT molecular complexity index is 579. The number of nitrogens with zero attached hydrogens (tertiary/aromatic N) is 2. The topological polar surface area (TPSA) is 104 Å². The van der Waals surface area contributed by atoms with E-state index in [0.717, 1.165) is 19.3 Å². The number of hydrogen-bond donors (Lipinski definition) is 1. The number of carboxylic acids is 1. The van der Waals surface area contributed by atoms with Gasteiger partial charge in [-0.05, 0) is 44.9 Å². The molecule has 2 aliphatic rings. The molecule has 2 saturated heterocycles. The highest BCUT2D eigenvalue weighted by atomic mass is 16.5. The number of likely N-dealkylation sites (tertiary alicyclic amines) is 2. The highest BCUT2D eigenvalue weighted by Gasteiger charge is 2.35. The van der Waals surface area contributed by atoms with Crippen LogP contribution in [-0.2, 0) is 23.9 Å². The molecular weight excluding hydrogens is 364 g/mol. The minimum Gasteiger partial charge on any atom is -0.480 e. The summed E-state index contributed by atoms with van der Waals surface area (Å²) >= 11 is 0. The number of amides is 2. The van der Waals surface area contributed by atoms with Gasteiger partial charge in [0.1, 0.15) is 12.1 Å². The van der Waals surface area contributed by atoms with Crippen LogP contribution in [0.1, 0.15) is 71.1 Å². The molecule has 0 aromatic heterocycles. The molecule has 0 spiro atoms. The van der Waals surface area contributed by atoms with Crippen LogP contribution in [0.15, 0.2) is 0 Å². The summed E-state index contributed by atoms with van der Waals surface area (Å²) in [5, 5.41) is 9.15. The Morgan fingerprint density at radius 3 is 1.96 bits per heavy atom. The van der Waals surface area contributed by atoms with Crippen LogP contribution >= 0.6 is 0 Å². The van der Waals surface area contributed by atoms with E-state index in [4.69, 9.17) is 9.84 Å². The van der Waals surface area contributed by atoms with Crippen molar-refractivity contribution >= 4 is 23.8 Å². The Balaban J connectivity index is 1.70. The first-order valence-electron chi connectivity index (χ1n) is 10.4. The number of esters is 1. The lowest BCUT2D eigenvalue weighted by Gasteiger charge is -2.23. The molecular formula is C20H32N2O6. The van der Waals surface area contributed by atoms with E-state index in [-0.39, 0.29) is 30.6 Å². The van der Waals surface area contributed by atoms with Crippen molar-refractivity contribution in [2.75, 3.05) is 19.7 Å². The van der Waals surface area contributed by atoms with Gasteiger partial charge in [-0.2, -0.15) is 0 Å². The average Bonchev–Trinajstić information content (AvgIpc) is 3.34. The smallest absolute Gasteiger partial charge is 0.328 e. The molecule has 1 N–H and O–H groups in total. The quantitative estimate of drug-likeness (QED) is 0.447. The fourth-order valence-electron chi connectivity index (χ4n) is 3.89. The lowest BCUT2D eigenvalue weighted by molar-refractivity contribution is -0.153. The number of unbranched alkanes of at least 4 members (excludes halogenated alkanes) is 2. The van der Waals surface area contributed by atoms with Gasteiger partial charge in [-0.25, -0.2) is 9.59 Å². The lowest BCUT2D eigenvalue weighted by Crippen LogP contribution is -2.41. The molecule has 2 fully saturated rings. The van der Waals surface area contributed by atoms with Crippen molar-refractivity contribution in [2.45, 2.75) is 83.2 Å². The molecule has 0 aliphatic carbocycles. The Labute approximate surface area is 166 Å². The highest BCUT2D eigenvalue weighted by molar-refractivity contribution is 5.85. The number of rotatable bonds is 10. The van der Waals surface area contributed by atoms with Crippen LogP contribution in [0.2, 0.25) is 0 Å². The SMILES string of the molecule is CCCCOC(=O)[C@H]1CCCN1C(=O)CCCCC(=O)N1CCC[C@@H]1C(=O)O. The number of ether oxygens (including phenoxy) is 1. The Morgan fingerprint density at radius 2 is 1.43 bits per heavy atom. The van der Waals surface area contributed by atoms with E-state index in [0.29, 0.717) is 51.8 Å². The van der Waals surface area contributed by atoms with E-state index in [9.17, 15) is 19.2 Å². The van der Waals surface area contributed by atoms with Gasteiger partial charge in [-0.15, -0.1) is 0 Å². The largest absolute Gasteiger partial charge is 0.480 e. The zero-order valence-electron chi connectivity index (χ0n) is 16.7.